The van der Waals surface area contributed by atoms with Gasteiger partial charge in [0.25, 0.3) is 5.69 Å². The van der Waals surface area contributed by atoms with Crippen LogP contribution in [0.2, 0.25) is 10.0 Å². The van der Waals surface area contributed by atoms with Crippen LogP contribution in [0.1, 0.15) is 16.4 Å². The van der Waals surface area contributed by atoms with Crippen molar-refractivity contribution in [3.05, 3.63) is 107 Å². The molecular formula is C28H19Cl2N5O8S3. The predicted molar refractivity (Wildman–Crippen MR) is 172 cm³/mol. The monoisotopic (exact) mass is 719 g/mol. The van der Waals surface area contributed by atoms with E-state index in [2.05, 4.69) is 5.32 Å². The Kier molecular flexibility index (Phi) is 8.28. The van der Waals surface area contributed by atoms with E-state index in [0.717, 1.165) is 28.0 Å². The van der Waals surface area contributed by atoms with Gasteiger partial charge in [0.15, 0.2) is 0 Å². The number of thiazole rings is 1. The number of nitrogens with two attached hydrogens (primary N) is 1. The molecule has 2 aliphatic heterocycles. The number of primary sulfonamides is 1. The average Bonchev–Trinajstić information content (AvgIpc) is 3.44. The van der Waals surface area contributed by atoms with Crippen LogP contribution in [0.25, 0.3) is 0 Å². The van der Waals surface area contributed by atoms with Crippen LogP contribution in [0.4, 0.5) is 17.1 Å². The number of sulfonamides is 1. The summed E-state index contributed by atoms with van der Waals surface area (Å²) in [5.74, 6) is -3.72. The standard InChI is InChI=1S/C28H19Cl2N5O8S3/c29-18-3-1-2-17(22(18)30)20-21-23(26(38)34(25(21)37)14-6-8-15(9-7-14)35(40)41)44-27-24(20)45-28(39)33(27)12-19(36)32-13-4-10-16(11-5-13)46(31,42)43/h1-11,20-21,23H,12H2,(H,32,36)(H2,31,42,43)/t20-,21?,23?/m1/s1. The minimum Gasteiger partial charge on any atom is -0.325 e. The van der Waals surface area contributed by atoms with E-state index in [4.69, 9.17) is 28.3 Å². The van der Waals surface area contributed by atoms with Gasteiger partial charge in [0.1, 0.15) is 11.8 Å². The van der Waals surface area contributed by atoms with Crippen LogP contribution in [0.15, 0.2) is 81.4 Å². The zero-order valence-electron chi connectivity index (χ0n) is 23.0. The van der Waals surface area contributed by atoms with Gasteiger partial charge in [-0.2, -0.15) is 0 Å². The van der Waals surface area contributed by atoms with Crippen molar-refractivity contribution >= 4 is 91.1 Å². The number of amides is 3. The van der Waals surface area contributed by atoms with Crippen LogP contribution >= 0.6 is 46.3 Å². The molecule has 3 aromatic carbocycles. The minimum atomic E-state index is -3.94. The molecule has 2 unspecified atom stereocenters. The van der Waals surface area contributed by atoms with Gasteiger partial charge in [-0.25, -0.2) is 18.5 Å². The zero-order chi connectivity index (χ0) is 33.1. The fourth-order valence-corrected chi connectivity index (χ4v) is 9.11. The first-order valence-electron chi connectivity index (χ1n) is 13.2. The summed E-state index contributed by atoms with van der Waals surface area (Å²) >= 11 is 14.7. The first-order valence-corrected chi connectivity index (χ1v) is 17.1. The summed E-state index contributed by atoms with van der Waals surface area (Å²) in [6.45, 7) is -0.462. The van der Waals surface area contributed by atoms with Crippen molar-refractivity contribution in [1.82, 2.24) is 4.57 Å². The van der Waals surface area contributed by atoms with Gasteiger partial charge < -0.3 is 5.32 Å². The number of nitrogens with one attached hydrogen (secondary N) is 1. The molecule has 1 aromatic heterocycles. The highest BCUT2D eigenvalue weighted by Gasteiger charge is 2.57. The van der Waals surface area contributed by atoms with Gasteiger partial charge in [-0.15, -0.1) is 0 Å². The van der Waals surface area contributed by atoms with Crippen LogP contribution in [0, 0.1) is 16.0 Å². The van der Waals surface area contributed by atoms with Gasteiger partial charge in [0.05, 0.1) is 36.5 Å². The molecule has 3 N–H and O–H groups in total. The lowest BCUT2D eigenvalue weighted by Crippen LogP contribution is -2.33. The van der Waals surface area contributed by atoms with E-state index in [1.165, 1.54) is 53.1 Å². The smallest absolute Gasteiger partial charge is 0.308 e. The summed E-state index contributed by atoms with van der Waals surface area (Å²) in [5, 5.41) is 18.5. The Morgan fingerprint density at radius 2 is 1.67 bits per heavy atom. The highest BCUT2D eigenvalue weighted by Crippen LogP contribution is 2.55. The first kappa shape index (κ1) is 31.9. The SMILES string of the molecule is NS(=O)(=O)c1ccc(NC(=O)Cn2c3c(sc2=O)[C@H](c2cccc(Cl)c2Cl)C2C(=O)N(c4ccc([N+](=O)[O-])cc4)C(=O)C2S3)cc1. The number of aromatic nitrogens is 1. The molecule has 6 rings (SSSR count). The molecule has 1 fully saturated rings. The lowest BCUT2D eigenvalue weighted by atomic mass is 9.83. The van der Waals surface area contributed by atoms with E-state index in [-0.39, 0.29) is 32.0 Å². The number of halogens is 2. The van der Waals surface area contributed by atoms with Gasteiger partial charge >= 0.3 is 4.87 Å². The Morgan fingerprint density at radius 1 is 1.00 bits per heavy atom. The highest BCUT2D eigenvalue weighted by molar-refractivity contribution is 8.00. The Hall–Kier alpha value is -4.06. The molecular weight excluding hydrogens is 701 g/mol. The Labute approximate surface area is 278 Å². The molecule has 0 spiro atoms. The number of hydrogen-bond acceptors (Lipinski definition) is 10. The Bertz CT molecular complexity index is 2120. The van der Waals surface area contributed by atoms with Crippen molar-refractivity contribution in [3.8, 4) is 0 Å². The van der Waals surface area contributed by atoms with Crippen LogP contribution < -0.4 is 20.2 Å². The van der Waals surface area contributed by atoms with Crippen LogP contribution in [0.3, 0.4) is 0 Å². The van der Waals surface area contributed by atoms with Gasteiger partial charge in [0.2, 0.25) is 27.7 Å². The second-order valence-corrected chi connectivity index (χ2v) is 14.7. The lowest BCUT2D eigenvalue weighted by molar-refractivity contribution is -0.384. The molecule has 4 aromatic rings. The fourth-order valence-electron chi connectivity index (χ4n) is 5.40. The zero-order valence-corrected chi connectivity index (χ0v) is 26.9. The second kappa shape index (κ2) is 11.9. The number of nitrogens with zero attached hydrogens (tertiary/aromatic N) is 3. The summed E-state index contributed by atoms with van der Waals surface area (Å²) in [5.41, 5.74) is 0.578. The number of fused-ring (bicyclic) bond motifs is 2. The number of anilines is 2. The Morgan fingerprint density at radius 3 is 2.30 bits per heavy atom. The van der Waals surface area contributed by atoms with E-state index in [0.29, 0.717) is 15.5 Å². The maximum atomic E-state index is 14.0. The van der Waals surface area contributed by atoms with Crippen molar-refractivity contribution in [1.29, 1.82) is 0 Å². The molecule has 3 amide bonds. The van der Waals surface area contributed by atoms with Gasteiger partial charge in [-0.05, 0) is 48.0 Å². The number of thioether (sulfide) groups is 1. The maximum Gasteiger partial charge on any atom is 0.308 e. The molecule has 0 aliphatic carbocycles. The summed E-state index contributed by atoms with van der Waals surface area (Å²) in [4.78, 5) is 65.6. The topological polar surface area (TPSA) is 192 Å². The molecule has 18 heteroatoms. The molecule has 13 nitrogen and oxygen atoms in total. The fraction of sp³-hybridized carbons (Fsp3) is 0.143. The van der Waals surface area contributed by atoms with Crippen LogP contribution in [-0.4, -0.2) is 40.9 Å². The largest absolute Gasteiger partial charge is 0.325 e. The van der Waals surface area contributed by atoms with Crippen LogP contribution in [-0.2, 0) is 31.0 Å². The number of nitro benzene ring substituents is 1. The number of carbonyl (C=O) groups is 3. The summed E-state index contributed by atoms with van der Waals surface area (Å²) in [6, 6.07) is 14.9. The quantitative estimate of drug-likeness (QED) is 0.160. The molecule has 46 heavy (non-hydrogen) atoms. The third kappa shape index (κ3) is 5.61. The number of imide groups is 1. The molecule has 3 heterocycles. The average molecular weight is 721 g/mol. The predicted octanol–water partition coefficient (Wildman–Crippen LogP) is 4.21. The van der Waals surface area contributed by atoms with E-state index in [9.17, 15) is 37.7 Å². The number of carbonyl (C=O) groups excluding carboxylic acids is 3. The summed E-state index contributed by atoms with van der Waals surface area (Å²) in [6.07, 6.45) is 0. The number of benzene rings is 3. The van der Waals surface area contributed by atoms with Gasteiger partial charge in [0, 0.05) is 28.6 Å². The van der Waals surface area contributed by atoms with Crippen molar-refractivity contribution < 1.29 is 27.7 Å². The molecule has 3 atom stereocenters. The Balaban J connectivity index is 1.38. The van der Waals surface area contributed by atoms with Crippen molar-refractivity contribution in [3.63, 3.8) is 0 Å². The van der Waals surface area contributed by atoms with Crippen molar-refractivity contribution in [2.75, 3.05) is 10.2 Å². The summed E-state index contributed by atoms with van der Waals surface area (Å²) < 4.78 is 24.3. The maximum absolute atomic E-state index is 14.0. The van der Waals surface area contributed by atoms with Gasteiger partial charge in [-0.3, -0.25) is 33.9 Å². The normalized spacial score (nSPS) is 19.1. The molecule has 0 bridgehead atoms. The number of hydrogen-bond donors (Lipinski definition) is 2. The van der Waals surface area contributed by atoms with E-state index >= 15 is 0 Å². The lowest BCUT2D eigenvalue weighted by Gasteiger charge is -2.31. The highest BCUT2D eigenvalue weighted by atomic mass is 35.5. The van der Waals surface area contributed by atoms with Crippen molar-refractivity contribution in [2.45, 2.75) is 27.6 Å². The number of nitro groups is 1. The molecule has 1 saturated heterocycles. The van der Waals surface area contributed by atoms with E-state index in [1.54, 1.807) is 18.2 Å². The van der Waals surface area contributed by atoms with Crippen molar-refractivity contribution in [2.24, 2.45) is 11.1 Å². The third-order valence-electron chi connectivity index (χ3n) is 7.45. The van der Waals surface area contributed by atoms with E-state index < -0.39 is 61.2 Å². The van der Waals surface area contributed by atoms with Crippen LogP contribution in [0.5, 0.6) is 0 Å². The molecule has 0 saturated carbocycles. The second-order valence-electron chi connectivity index (χ2n) is 10.2. The third-order valence-corrected chi connectivity index (χ3v) is 11.8. The minimum absolute atomic E-state index is 0.132. The summed E-state index contributed by atoms with van der Waals surface area (Å²) in [7, 11) is -3.94. The molecule has 236 valence electrons. The molecule has 2 aliphatic rings. The first-order chi connectivity index (χ1) is 21.8. The van der Waals surface area contributed by atoms with Gasteiger partial charge in [-0.1, -0.05) is 58.4 Å². The number of rotatable bonds is 7. The number of non-ortho nitro benzene ring substituents is 1. The molecule has 0 radical (unpaired) electrons. The van der Waals surface area contributed by atoms with E-state index in [1.807, 2.05) is 0 Å².